The summed E-state index contributed by atoms with van der Waals surface area (Å²) < 4.78 is 29.0. The number of aryl methyl sites for hydroxylation is 1. The second-order valence-corrected chi connectivity index (χ2v) is 10.7. The van der Waals surface area contributed by atoms with E-state index in [4.69, 9.17) is 0 Å². The Morgan fingerprint density at radius 1 is 0.971 bits per heavy atom. The molecule has 3 heterocycles. The minimum atomic E-state index is -3.53. The van der Waals surface area contributed by atoms with Gasteiger partial charge < -0.3 is 4.90 Å². The highest BCUT2D eigenvalue weighted by molar-refractivity contribution is 7.89. The molecular weight excluding hydrogens is 456 g/mol. The fourth-order valence-corrected chi connectivity index (χ4v) is 6.43. The fourth-order valence-electron chi connectivity index (χ4n) is 4.86. The van der Waals surface area contributed by atoms with Crippen LogP contribution < -0.4 is 16.1 Å². The number of aromatic amines is 1. The second-order valence-electron chi connectivity index (χ2n) is 8.73. The summed E-state index contributed by atoms with van der Waals surface area (Å²) in [7, 11) is -3.53. The summed E-state index contributed by atoms with van der Waals surface area (Å²) >= 11 is 0. The molecule has 0 bridgehead atoms. The lowest BCUT2D eigenvalue weighted by molar-refractivity contribution is -0.118. The number of anilines is 1. The Labute approximate surface area is 196 Å². The van der Waals surface area contributed by atoms with Gasteiger partial charge in [0.15, 0.2) is 0 Å². The van der Waals surface area contributed by atoms with Crippen molar-refractivity contribution < 1.29 is 13.2 Å². The molecule has 1 aromatic heterocycles. The van der Waals surface area contributed by atoms with Gasteiger partial charge in [0, 0.05) is 38.3 Å². The van der Waals surface area contributed by atoms with Gasteiger partial charge in [-0.1, -0.05) is 18.6 Å². The lowest BCUT2D eigenvalue weighted by Gasteiger charge is -2.26. The first kappa shape index (κ1) is 22.5. The van der Waals surface area contributed by atoms with Crippen molar-refractivity contribution in [2.45, 2.75) is 43.5 Å². The molecule has 2 aromatic carbocycles. The van der Waals surface area contributed by atoms with Crippen LogP contribution in [-0.4, -0.2) is 47.8 Å². The van der Waals surface area contributed by atoms with E-state index >= 15 is 0 Å². The molecule has 1 saturated heterocycles. The van der Waals surface area contributed by atoms with E-state index in [1.54, 1.807) is 51.7 Å². The molecule has 0 unspecified atom stereocenters. The summed E-state index contributed by atoms with van der Waals surface area (Å²) in [5.74, 6) is -0.160. The largest absolute Gasteiger partial charge is 0.328 e. The quantitative estimate of drug-likeness (QED) is 0.596. The van der Waals surface area contributed by atoms with E-state index < -0.39 is 21.3 Å². The molecule has 0 radical (unpaired) electrons. The van der Waals surface area contributed by atoms with Crippen LogP contribution in [0.5, 0.6) is 0 Å². The number of H-pyrrole nitrogens is 1. The van der Waals surface area contributed by atoms with Crippen LogP contribution in [0, 0.1) is 0 Å². The zero-order valence-electron chi connectivity index (χ0n) is 18.7. The number of aromatic nitrogens is 2. The monoisotopic (exact) mass is 482 g/mol. The van der Waals surface area contributed by atoms with E-state index in [0.29, 0.717) is 42.6 Å². The molecule has 1 amide bonds. The zero-order valence-corrected chi connectivity index (χ0v) is 19.5. The number of carbonyl (C=O) groups is 1. The molecule has 0 spiro atoms. The molecule has 5 rings (SSSR count). The van der Waals surface area contributed by atoms with E-state index in [9.17, 15) is 22.8 Å². The summed E-state index contributed by atoms with van der Waals surface area (Å²) in [6.45, 7) is 1.68. The summed E-state index contributed by atoms with van der Waals surface area (Å²) in [5, 5.41) is 0.392. The standard InChI is InChI=1S/C24H26N4O5S/c29-22(11-15-28-21-7-3-2-6-19(21)23(30)25-24(28)31)27-14-10-17-16-18(8-9-20(17)27)34(32,33)26-12-4-1-5-13-26/h2-3,6-9,16H,1,4-5,10-15H2,(H,25,30,31). The average Bonchev–Trinajstić information content (AvgIpc) is 3.28. The Balaban J connectivity index is 1.35. The van der Waals surface area contributed by atoms with Crippen molar-refractivity contribution in [3.63, 3.8) is 0 Å². The van der Waals surface area contributed by atoms with Gasteiger partial charge in [-0.15, -0.1) is 0 Å². The number of hydrogen-bond acceptors (Lipinski definition) is 5. The van der Waals surface area contributed by atoms with E-state index in [-0.39, 0.29) is 23.8 Å². The number of sulfonamides is 1. The number of rotatable bonds is 5. The van der Waals surface area contributed by atoms with Crippen molar-refractivity contribution in [1.29, 1.82) is 0 Å². The van der Waals surface area contributed by atoms with Gasteiger partial charge in [0.2, 0.25) is 15.9 Å². The van der Waals surface area contributed by atoms with Crippen LogP contribution in [-0.2, 0) is 27.8 Å². The van der Waals surface area contributed by atoms with E-state index in [1.165, 1.54) is 4.57 Å². The number of nitrogens with zero attached hydrogens (tertiary/aromatic N) is 3. The third kappa shape index (κ3) is 3.97. The normalized spacial score (nSPS) is 16.6. The van der Waals surface area contributed by atoms with E-state index in [2.05, 4.69) is 4.98 Å². The molecule has 3 aromatic rings. The van der Waals surface area contributed by atoms with Gasteiger partial charge in [-0.2, -0.15) is 4.31 Å². The molecule has 1 N–H and O–H groups in total. The SMILES string of the molecule is O=C(CCn1c(=O)[nH]c(=O)c2ccccc21)N1CCc2cc(S(=O)(=O)N3CCCCC3)ccc21. The topological polar surface area (TPSA) is 113 Å². The van der Waals surface area contributed by atoms with Crippen molar-refractivity contribution in [3.05, 3.63) is 68.9 Å². The van der Waals surface area contributed by atoms with Crippen LogP contribution in [0.25, 0.3) is 10.9 Å². The van der Waals surface area contributed by atoms with Gasteiger partial charge in [0.05, 0.1) is 15.8 Å². The smallest absolute Gasteiger partial charge is 0.312 e. The maximum atomic E-state index is 13.0. The number of hydrogen-bond donors (Lipinski definition) is 1. The highest BCUT2D eigenvalue weighted by Gasteiger charge is 2.30. The molecule has 178 valence electrons. The van der Waals surface area contributed by atoms with Gasteiger partial charge in [-0.25, -0.2) is 13.2 Å². The fraction of sp³-hybridized carbons (Fsp3) is 0.375. The van der Waals surface area contributed by atoms with Crippen molar-refractivity contribution >= 4 is 32.5 Å². The Kier molecular flexibility index (Phi) is 5.86. The van der Waals surface area contributed by atoms with Crippen molar-refractivity contribution in [2.24, 2.45) is 0 Å². The summed E-state index contributed by atoms with van der Waals surface area (Å²) in [6.07, 6.45) is 3.45. The molecule has 0 saturated carbocycles. The van der Waals surface area contributed by atoms with Gasteiger partial charge in [-0.3, -0.25) is 19.1 Å². The number of carbonyl (C=O) groups excluding carboxylic acids is 1. The molecule has 2 aliphatic rings. The van der Waals surface area contributed by atoms with Crippen LogP contribution in [0.15, 0.2) is 56.9 Å². The first-order valence-electron chi connectivity index (χ1n) is 11.5. The highest BCUT2D eigenvalue weighted by atomic mass is 32.2. The molecule has 10 heteroatoms. The Morgan fingerprint density at radius 3 is 2.53 bits per heavy atom. The molecule has 9 nitrogen and oxygen atoms in total. The van der Waals surface area contributed by atoms with Crippen molar-refractivity contribution in [2.75, 3.05) is 24.5 Å². The number of benzene rings is 2. The Morgan fingerprint density at radius 2 is 1.74 bits per heavy atom. The number of nitrogens with one attached hydrogen (secondary N) is 1. The summed E-state index contributed by atoms with van der Waals surface area (Å²) in [4.78, 5) is 41.7. The maximum Gasteiger partial charge on any atom is 0.328 e. The molecule has 34 heavy (non-hydrogen) atoms. The maximum absolute atomic E-state index is 13.0. The lowest BCUT2D eigenvalue weighted by atomic mass is 10.2. The van der Waals surface area contributed by atoms with Gasteiger partial charge in [0.25, 0.3) is 5.56 Å². The summed E-state index contributed by atoms with van der Waals surface area (Å²) in [5.41, 5.74) is 1.02. The first-order valence-corrected chi connectivity index (χ1v) is 13.0. The number of piperidine rings is 1. The van der Waals surface area contributed by atoms with Gasteiger partial charge in [0.1, 0.15) is 0 Å². The third-order valence-corrected chi connectivity index (χ3v) is 8.55. The lowest BCUT2D eigenvalue weighted by Crippen LogP contribution is -2.35. The predicted octanol–water partition coefficient (Wildman–Crippen LogP) is 1.84. The number of amides is 1. The molecular formula is C24H26N4O5S. The van der Waals surface area contributed by atoms with Crippen LogP contribution in [0.2, 0.25) is 0 Å². The molecule has 2 aliphatic heterocycles. The second kappa shape index (κ2) is 8.84. The van der Waals surface area contributed by atoms with Crippen molar-refractivity contribution in [1.82, 2.24) is 13.9 Å². The van der Waals surface area contributed by atoms with E-state index in [0.717, 1.165) is 24.8 Å². The zero-order chi connectivity index (χ0) is 23.9. The van der Waals surface area contributed by atoms with Crippen LogP contribution in [0.1, 0.15) is 31.2 Å². The van der Waals surface area contributed by atoms with Crippen LogP contribution in [0.4, 0.5) is 5.69 Å². The van der Waals surface area contributed by atoms with Gasteiger partial charge >= 0.3 is 5.69 Å². The Bertz CT molecular complexity index is 1490. The van der Waals surface area contributed by atoms with E-state index in [1.807, 2.05) is 0 Å². The minimum absolute atomic E-state index is 0.0726. The van der Waals surface area contributed by atoms with Crippen LogP contribution >= 0.6 is 0 Å². The minimum Gasteiger partial charge on any atom is -0.312 e. The number of fused-ring (bicyclic) bond motifs is 2. The van der Waals surface area contributed by atoms with Crippen molar-refractivity contribution in [3.8, 4) is 0 Å². The molecule has 0 aliphatic carbocycles. The molecule has 0 atom stereocenters. The first-order chi connectivity index (χ1) is 16.4. The highest BCUT2D eigenvalue weighted by Crippen LogP contribution is 2.32. The van der Waals surface area contributed by atoms with Crippen LogP contribution in [0.3, 0.4) is 0 Å². The summed E-state index contributed by atoms with van der Waals surface area (Å²) in [6, 6.07) is 11.8. The number of para-hydroxylation sites is 1. The van der Waals surface area contributed by atoms with Gasteiger partial charge in [-0.05, 0) is 55.2 Å². The Hall–Kier alpha value is -3.24. The average molecular weight is 483 g/mol. The predicted molar refractivity (Wildman–Crippen MR) is 129 cm³/mol. The molecule has 1 fully saturated rings. The third-order valence-electron chi connectivity index (χ3n) is 6.65.